The fourth-order valence-corrected chi connectivity index (χ4v) is 3.82. The lowest BCUT2D eigenvalue weighted by Crippen LogP contribution is -2.40. The van der Waals surface area contributed by atoms with E-state index in [1.54, 1.807) is 6.92 Å². The van der Waals surface area contributed by atoms with Crippen molar-refractivity contribution in [2.24, 2.45) is 0 Å². The van der Waals surface area contributed by atoms with Crippen molar-refractivity contribution in [3.8, 4) is 0 Å². The van der Waals surface area contributed by atoms with Gasteiger partial charge in [-0.25, -0.2) is 17.6 Å². The molecular formula is C17H23FN2O6S. The molecule has 8 nitrogen and oxygen atoms in total. The molecule has 0 saturated carbocycles. The summed E-state index contributed by atoms with van der Waals surface area (Å²) < 4.78 is 50.4. The molecule has 1 aromatic carbocycles. The molecule has 1 aliphatic heterocycles. The summed E-state index contributed by atoms with van der Waals surface area (Å²) in [4.78, 5) is 23.6. The molecular weight excluding hydrogens is 379 g/mol. The second-order valence-electron chi connectivity index (χ2n) is 6.11. The molecule has 0 aliphatic carbocycles. The molecule has 0 spiro atoms. The number of amides is 1. The summed E-state index contributed by atoms with van der Waals surface area (Å²) in [6.07, 6.45) is 0.704. The zero-order chi connectivity index (χ0) is 20.0. The normalized spacial score (nSPS) is 16.6. The number of esters is 1. The standard InChI is InChI=1S/C17H23FN2O6S/c1-3-12(2)19-16(21)11-26-17(22)14-10-13(4-5-15(14)18)27(23,24)20-6-8-25-9-7-20/h4-5,10,12H,3,6-9,11H2,1-2H3,(H,19,21)/t12-/m1/s1. The van der Waals surface area contributed by atoms with Crippen molar-refractivity contribution in [3.05, 3.63) is 29.6 Å². The lowest BCUT2D eigenvalue weighted by molar-refractivity contribution is -0.124. The lowest BCUT2D eigenvalue weighted by atomic mass is 10.2. The van der Waals surface area contributed by atoms with Gasteiger partial charge in [-0.15, -0.1) is 0 Å². The molecule has 1 aliphatic rings. The number of sulfonamides is 1. The van der Waals surface area contributed by atoms with Gasteiger partial charge in [-0.3, -0.25) is 4.79 Å². The van der Waals surface area contributed by atoms with Gasteiger partial charge >= 0.3 is 5.97 Å². The average molecular weight is 402 g/mol. The summed E-state index contributed by atoms with van der Waals surface area (Å²) in [5.74, 6) is -2.55. The van der Waals surface area contributed by atoms with Crippen LogP contribution in [0.2, 0.25) is 0 Å². The van der Waals surface area contributed by atoms with Gasteiger partial charge in [-0.2, -0.15) is 4.31 Å². The molecule has 27 heavy (non-hydrogen) atoms. The molecule has 1 N–H and O–H groups in total. The van der Waals surface area contributed by atoms with E-state index in [0.717, 1.165) is 18.2 Å². The number of nitrogens with zero attached hydrogens (tertiary/aromatic N) is 1. The van der Waals surface area contributed by atoms with E-state index in [0.29, 0.717) is 6.42 Å². The lowest BCUT2D eigenvalue weighted by Gasteiger charge is -2.26. The van der Waals surface area contributed by atoms with Gasteiger partial charge in [-0.1, -0.05) is 6.92 Å². The van der Waals surface area contributed by atoms with Gasteiger partial charge in [0.25, 0.3) is 5.91 Å². The number of hydrogen-bond acceptors (Lipinski definition) is 6. The molecule has 1 atom stereocenters. The predicted molar refractivity (Wildman–Crippen MR) is 94.2 cm³/mol. The van der Waals surface area contributed by atoms with Crippen LogP contribution in [0, 0.1) is 5.82 Å². The van der Waals surface area contributed by atoms with E-state index in [9.17, 15) is 22.4 Å². The maximum Gasteiger partial charge on any atom is 0.341 e. The van der Waals surface area contributed by atoms with Gasteiger partial charge in [0.2, 0.25) is 10.0 Å². The molecule has 150 valence electrons. The summed E-state index contributed by atoms with van der Waals surface area (Å²) in [6.45, 7) is 3.97. The first-order valence-electron chi connectivity index (χ1n) is 8.59. The molecule has 1 amide bonds. The molecule has 0 aromatic heterocycles. The van der Waals surface area contributed by atoms with Crippen LogP contribution < -0.4 is 5.32 Å². The number of ether oxygens (including phenoxy) is 2. The third kappa shape index (κ3) is 5.47. The van der Waals surface area contributed by atoms with Crippen LogP contribution in [0.4, 0.5) is 4.39 Å². The van der Waals surface area contributed by atoms with Gasteiger partial charge in [-0.05, 0) is 31.5 Å². The van der Waals surface area contributed by atoms with Crippen molar-refractivity contribution in [3.63, 3.8) is 0 Å². The smallest absolute Gasteiger partial charge is 0.341 e. The molecule has 1 heterocycles. The number of carbonyl (C=O) groups is 2. The van der Waals surface area contributed by atoms with Gasteiger partial charge in [0.05, 0.1) is 23.7 Å². The largest absolute Gasteiger partial charge is 0.452 e. The van der Waals surface area contributed by atoms with Gasteiger partial charge in [0.15, 0.2) is 6.61 Å². The minimum atomic E-state index is -3.89. The third-order valence-electron chi connectivity index (χ3n) is 4.12. The Bertz CT molecular complexity index is 793. The highest BCUT2D eigenvalue weighted by Gasteiger charge is 2.28. The monoisotopic (exact) mass is 402 g/mol. The predicted octanol–water partition coefficient (Wildman–Crippen LogP) is 0.918. The van der Waals surface area contributed by atoms with Crippen LogP contribution in [0.1, 0.15) is 30.6 Å². The van der Waals surface area contributed by atoms with E-state index in [1.165, 1.54) is 4.31 Å². The van der Waals surface area contributed by atoms with Gasteiger partial charge in [0, 0.05) is 19.1 Å². The second-order valence-corrected chi connectivity index (χ2v) is 8.05. The fraction of sp³-hybridized carbons (Fsp3) is 0.529. The Morgan fingerprint density at radius 3 is 2.63 bits per heavy atom. The average Bonchev–Trinajstić information content (AvgIpc) is 2.66. The summed E-state index contributed by atoms with van der Waals surface area (Å²) in [5, 5.41) is 2.61. The van der Waals surface area contributed by atoms with E-state index in [4.69, 9.17) is 9.47 Å². The van der Waals surface area contributed by atoms with Crippen molar-refractivity contribution in [1.82, 2.24) is 9.62 Å². The summed E-state index contributed by atoms with van der Waals surface area (Å²) in [5.41, 5.74) is -0.541. The molecule has 0 bridgehead atoms. The van der Waals surface area contributed by atoms with Gasteiger partial charge in [0.1, 0.15) is 5.82 Å². The minimum Gasteiger partial charge on any atom is -0.452 e. The number of rotatable bonds is 7. The van der Waals surface area contributed by atoms with Crippen LogP contribution in [0.25, 0.3) is 0 Å². The topological polar surface area (TPSA) is 102 Å². The maximum atomic E-state index is 14.0. The minimum absolute atomic E-state index is 0.0880. The quantitative estimate of drug-likeness (QED) is 0.681. The van der Waals surface area contributed by atoms with Crippen LogP contribution in [-0.2, 0) is 24.3 Å². The summed E-state index contributed by atoms with van der Waals surface area (Å²) >= 11 is 0. The van der Waals surface area contributed by atoms with Crippen molar-refractivity contribution >= 4 is 21.9 Å². The highest BCUT2D eigenvalue weighted by atomic mass is 32.2. The second kappa shape index (κ2) is 9.25. The number of nitrogens with one attached hydrogen (secondary N) is 1. The first kappa shape index (κ1) is 21.3. The number of carbonyl (C=O) groups excluding carboxylic acids is 2. The Labute approximate surface area is 157 Å². The Morgan fingerprint density at radius 1 is 1.33 bits per heavy atom. The van der Waals surface area contributed by atoms with Crippen LogP contribution in [0.15, 0.2) is 23.1 Å². The molecule has 10 heteroatoms. The van der Waals surface area contributed by atoms with Crippen LogP contribution in [0.3, 0.4) is 0 Å². The number of halogens is 1. The third-order valence-corrected chi connectivity index (χ3v) is 6.01. The van der Waals surface area contributed by atoms with E-state index >= 15 is 0 Å². The van der Waals surface area contributed by atoms with E-state index < -0.39 is 39.9 Å². The Balaban J connectivity index is 2.12. The summed E-state index contributed by atoms with van der Waals surface area (Å²) in [6, 6.07) is 2.82. The van der Waals surface area contributed by atoms with Crippen LogP contribution in [0.5, 0.6) is 0 Å². The molecule has 0 unspecified atom stereocenters. The molecule has 1 fully saturated rings. The van der Waals surface area contributed by atoms with E-state index in [2.05, 4.69) is 5.32 Å². The Morgan fingerprint density at radius 2 is 2.00 bits per heavy atom. The van der Waals surface area contributed by atoms with Gasteiger partial charge < -0.3 is 14.8 Å². The van der Waals surface area contributed by atoms with Crippen molar-refractivity contribution in [2.75, 3.05) is 32.9 Å². The summed E-state index contributed by atoms with van der Waals surface area (Å²) in [7, 11) is -3.89. The Hall–Kier alpha value is -2.04. The highest BCUT2D eigenvalue weighted by Crippen LogP contribution is 2.20. The first-order valence-corrected chi connectivity index (χ1v) is 10.0. The maximum absolute atomic E-state index is 14.0. The zero-order valence-electron chi connectivity index (χ0n) is 15.2. The highest BCUT2D eigenvalue weighted by molar-refractivity contribution is 7.89. The van der Waals surface area contributed by atoms with Crippen LogP contribution in [-0.4, -0.2) is 63.6 Å². The van der Waals surface area contributed by atoms with E-state index in [-0.39, 0.29) is 37.2 Å². The molecule has 1 aromatic rings. The molecule has 2 rings (SSSR count). The first-order chi connectivity index (χ1) is 12.8. The molecule has 0 radical (unpaired) electrons. The van der Waals surface area contributed by atoms with E-state index in [1.807, 2.05) is 6.92 Å². The van der Waals surface area contributed by atoms with Crippen molar-refractivity contribution in [1.29, 1.82) is 0 Å². The van der Waals surface area contributed by atoms with Crippen molar-refractivity contribution in [2.45, 2.75) is 31.2 Å². The fourth-order valence-electron chi connectivity index (χ4n) is 2.38. The zero-order valence-corrected chi connectivity index (χ0v) is 16.1. The number of hydrogen-bond donors (Lipinski definition) is 1. The number of benzene rings is 1. The molecule has 1 saturated heterocycles. The Kier molecular flexibility index (Phi) is 7.28. The SMILES string of the molecule is CC[C@@H](C)NC(=O)COC(=O)c1cc(S(=O)(=O)N2CCOCC2)ccc1F. The van der Waals surface area contributed by atoms with Crippen LogP contribution >= 0.6 is 0 Å². The number of morpholine rings is 1. The van der Waals surface area contributed by atoms with Crippen molar-refractivity contribution < 1.29 is 31.9 Å².